The fourth-order valence-corrected chi connectivity index (χ4v) is 7.04. The van der Waals surface area contributed by atoms with Crippen LogP contribution in [0.5, 0.6) is 0 Å². The number of hydrogen-bond donors (Lipinski definition) is 1. The maximum atomic E-state index is 12.9. The zero-order chi connectivity index (χ0) is 22.0. The molecule has 1 saturated heterocycles. The molecule has 4 rings (SSSR count). The van der Waals surface area contributed by atoms with Crippen LogP contribution >= 0.6 is 23.1 Å². The molecule has 3 aromatic rings. The smallest absolute Gasteiger partial charge is 0.322 e. The molecule has 0 spiro atoms. The van der Waals surface area contributed by atoms with Crippen molar-refractivity contribution in [2.24, 2.45) is 0 Å². The Labute approximate surface area is 189 Å². The molecule has 1 unspecified atom stereocenters. The quantitative estimate of drug-likeness (QED) is 0.510. The van der Waals surface area contributed by atoms with Crippen molar-refractivity contribution in [2.45, 2.75) is 47.1 Å². The van der Waals surface area contributed by atoms with E-state index in [1.165, 1.54) is 4.31 Å². The molecule has 8 nitrogen and oxygen atoms in total. The highest BCUT2D eigenvalue weighted by molar-refractivity contribution is 7.99. The molecule has 0 bridgehead atoms. The van der Waals surface area contributed by atoms with E-state index in [-0.39, 0.29) is 16.1 Å². The van der Waals surface area contributed by atoms with Crippen LogP contribution in [0.2, 0.25) is 0 Å². The standard InChI is InChI=1S/C20H22N4O4S3/c1-13(2)30-15-7-3-6-14(12-15)19-22-23-20(28-19)21-18(25)16-8-4-10-24(16)31(26,27)17-9-5-11-29-17/h3,5-7,9,11-13,16H,4,8,10H2,1-2H3,(H,21,23,25). The second kappa shape index (κ2) is 9.11. The first-order valence-corrected chi connectivity index (χ1v) is 13.0. The molecule has 1 atom stereocenters. The van der Waals surface area contributed by atoms with Gasteiger partial charge in [-0.2, -0.15) is 4.31 Å². The van der Waals surface area contributed by atoms with E-state index in [0.29, 0.717) is 24.6 Å². The van der Waals surface area contributed by atoms with Gasteiger partial charge in [-0.15, -0.1) is 28.2 Å². The summed E-state index contributed by atoms with van der Waals surface area (Å²) in [5.74, 6) is -0.187. The Morgan fingerprint density at radius 1 is 1.29 bits per heavy atom. The number of carbonyl (C=O) groups is 1. The molecule has 2 aromatic heterocycles. The van der Waals surface area contributed by atoms with Gasteiger partial charge in [0, 0.05) is 22.3 Å². The maximum Gasteiger partial charge on any atom is 0.322 e. The third-order valence-electron chi connectivity index (χ3n) is 4.67. The third-order valence-corrected chi connectivity index (χ3v) is 8.95. The number of nitrogens with zero attached hydrogens (tertiary/aromatic N) is 3. The number of thiophene rings is 1. The summed E-state index contributed by atoms with van der Waals surface area (Å²) in [6.07, 6.45) is 1.05. The molecule has 0 radical (unpaired) electrons. The lowest BCUT2D eigenvalue weighted by atomic mass is 10.2. The zero-order valence-corrected chi connectivity index (χ0v) is 19.5. The maximum absolute atomic E-state index is 12.9. The Bertz CT molecular complexity index is 1160. The minimum absolute atomic E-state index is 0.0534. The highest BCUT2D eigenvalue weighted by Crippen LogP contribution is 2.30. The normalized spacial score (nSPS) is 17.3. The van der Waals surface area contributed by atoms with Crippen LogP contribution in [-0.2, 0) is 14.8 Å². The van der Waals surface area contributed by atoms with Gasteiger partial charge in [-0.05, 0) is 42.5 Å². The Morgan fingerprint density at radius 3 is 2.87 bits per heavy atom. The average Bonchev–Trinajstić information content (AvgIpc) is 3.48. The molecule has 1 fully saturated rings. The number of sulfonamides is 1. The van der Waals surface area contributed by atoms with Gasteiger partial charge in [0.05, 0.1) is 0 Å². The fraction of sp³-hybridized carbons (Fsp3) is 0.350. The Kier molecular flexibility index (Phi) is 6.47. The average molecular weight is 479 g/mol. The van der Waals surface area contributed by atoms with Crippen molar-refractivity contribution < 1.29 is 17.6 Å². The van der Waals surface area contributed by atoms with E-state index >= 15 is 0 Å². The van der Waals surface area contributed by atoms with Crippen LogP contribution in [0.3, 0.4) is 0 Å². The van der Waals surface area contributed by atoms with Crippen molar-refractivity contribution in [1.82, 2.24) is 14.5 Å². The first kappa shape index (κ1) is 22.0. The lowest BCUT2D eigenvalue weighted by Gasteiger charge is -2.21. The van der Waals surface area contributed by atoms with E-state index in [0.717, 1.165) is 21.8 Å². The Hall–Kier alpha value is -2.21. The summed E-state index contributed by atoms with van der Waals surface area (Å²) in [6, 6.07) is 10.1. The van der Waals surface area contributed by atoms with Gasteiger partial charge in [0.1, 0.15) is 10.3 Å². The number of rotatable bonds is 7. The van der Waals surface area contributed by atoms with Gasteiger partial charge in [-0.25, -0.2) is 8.42 Å². The van der Waals surface area contributed by atoms with E-state index < -0.39 is 22.0 Å². The molecule has 1 amide bonds. The molecule has 164 valence electrons. The van der Waals surface area contributed by atoms with E-state index in [2.05, 4.69) is 29.4 Å². The largest absolute Gasteiger partial charge is 0.403 e. The minimum Gasteiger partial charge on any atom is -0.403 e. The third kappa shape index (κ3) is 4.84. The van der Waals surface area contributed by atoms with Crippen molar-refractivity contribution >= 4 is 45.0 Å². The zero-order valence-electron chi connectivity index (χ0n) is 17.0. The molecule has 11 heteroatoms. The molecule has 3 heterocycles. The van der Waals surface area contributed by atoms with Crippen molar-refractivity contribution in [3.63, 3.8) is 0 Å². The Balaban J connectivity index is 1.48. The highest BCUT2D eigenvalue weighted by atomic mass is 32.2. The number of nitrogens with one attached hydrogen (secondary N) is 1. The van der Waals surface area contributed by atoms with Crippen LogP contribution in [0.1, 0.15) is 26.7 Å². The molecule has 1 aliphatic rings. The van der Waals surface area contributed by atoms with Crippen molar-refractivity contribution in [2.75, 3.05) is 11.9 Å². The molecular weight excluding hydrogens is 456 g/mol. The topological polar surface area (TPSA) is 105 Å². The summed E-state index contributed by atoms with van der Waals surface area (Å²) in [6.45, 7) is 4.53. The van der Waals surface area contributed by atoms with Crippen LogP contribution in [0, 0.1) is 0 Å². The lowest BCUT2D eigenvalue weighted by molar-refractivity contribution is -0.119. The lowest BCUT2D eigenvalue weighted by Crippen LogP contribution is -2.42. The Morgan fingerprint density at radius 2 is 2.13 bits per heavy atom. The van der Waals surface area contributed by atoms with Gasteiger partial charge in [0.2, 0.25) is 11.8 Å². The number of carbonyl (C=O) groups excluding carboxylic acids is 1. The second-order valence-corrected chi connectivity index (χ2v) is 12.0. The summed E-state index contributed by atoms with van der Waals surface area (Å²) < 4.78 is 32.8. The number of anilines is 1. The highest BCUT2D eigenvalue weighted by Gasteiger charge is 2.40. The molecule has 0 saturated carbocycles. The fourth-order valence-electron chi connectivity index (χ4n) is 3.37. The SMILES string of the molecule is CC(C)Sc1cccc(-c2nnc(NC(=O)C3CCCN3S(=O)(=O)c3cccs3)o2)c1. The second-order valence-electron chi connectivity index (χ2n) is 7.30. The van der Waals surface area contributed by atoms with E-state index in [9.17, 15) is 13.2 Å². The first-order chi connectivity index (χ1) is 14.8. The van der Waals surface area contributed by atoms with Gasteiger partial charge in [0.15, 0.2) is 0 Å². The van der Waals surface area contributed by atoms with Crippen molar-refractivity contribution in [3.8, 4) is 11.5 Å². The number of thioether (sulfide) groups is 1. The van der Waals surface area contributed by atoms with Gasteiger partial charge in [0.25, 0.3) is 10.0 Å². The molecular formula is C20H22N4O4S3. The van der Waals surface area contributed by atoms with Crippen molar-refractivity contribution in [1.29, 1.82) is 0 Å². The minimum atomic E-state index is -3.71. The van der Waals surface area contributed by atoms with E-state index in [1.807, 2.05) is 24.3 Å². The summed E-state index contributed by atoms with van der Waals surface area (Å²) in [4.78, 5) is 13.9. The number of hydrogen-bond acceptors (Lipinski definition) is 8. The van der Waals surface area contributed by atoms with Crippen LogP contribution in [0.15, 0.2) is 55.3 Å². The summed E-state index contributed by atoms with van der Waals surface area (Å²) in [5.41, 5.74) is 0.751. The monoisotopic (exact) mass is 478 g/mol. The number of amides is 1. The molecule has 1 aliphatic heterocycles. The molecule has 31 heavy (non-hydrogen) atoms. The molecule has 1 aromatic carbocycles. The van der Waals surface area contributed by atoms with Crippen LogP contribution in [0.25, 0.3) is 11.5 Å². The summed E-state index contributed by atoms with van der Waals surface area (Å²) in [7, 11) is -3.71. The van der Waals surface area contributed by atoms with Crippen LogP contribution < -0.4 is 5.32 Å². The van der Waals surface area contributed by atoms with Gasteiger partial charge in [-0.1, -0.05) is 31.1 Å². The number of aromatic nitrogens is 2. The summed E-state index contributed by atoms with van der Waals surface area (Å²) in [5, 5.41) is 12.7. The predicted molar refractivity (Wildman–Crippen MR) is 121 cm³/mol. The molecule has 1 N–H and O–H groups in total. The van der Waals surface area contributed by atoms with Gasteiger partial charge >= 0.3 is 6.01 Å². The van der Waals surface area contributed by atoms with Gasteiger partial charge < -0.3 is 4.42 Å². The predicted octanol–water partition coefficient (Wildman–Crippen LogP) is 4.09. The first-order valence-electron chi connectivity index (χ1n) is 9.81. The number of benzene rings is 1. The summed E-state index contributed by atoms with van der Waals surface area (Å²) >= 11 is 2.86. The van der Waals surface area contributed by atoms with E-state index in [1.54, 1.807) is 29.3 Å². The van der Waals surface area contributed by atoms with Gasteiger partial charge in [-0.3, -0.25) is 10.1 Å². The van der Waals surface area contributed by atoms with Crippen LogP contribution in [-0.4, -0.2) is 46.7 Å². The molecule has 0 aliphatic carbocycles. The van der Waals surface area contributed by atoms with Crippen LogP contribution in [0.4, 0.5) is 6.01 Å². The van der Waals surface area contributed by atoms with Crippen molar-refractivity contribution in [3.05, 3.63) is 41.8 Å². The van der Waals surface area contributed by atoms with E-state index in [4.69, 9.17) is 4.42 Å².